The second kappa shape index (κ2) is 12.3. The van der Waals surface area contributed by atoms with Crippen molar-refractivity contribution in [2.45, 2.75) is 97.7 Å². The van der Waals surface area contributed by atoms with Crippen LogP contribution in [0.5, 0.6) is 0 Å². The van der Waals surface area contributed by atoms with Crippen molar-refractivity contribution in [2.24, 2.45) is 0 Å². The molecule has 0 N–H and O–H groups in total. The molecule has 35 heavy (non-hydrogen) atoms. The Hall–Kier alpha value is -2.73. The van der Waals surface area contributed by atoms with Crippen LogP contribution in [0.15, 0.2) is 30.6 Å². The molecule has 0 amide bonds. The number of nitrogens with zero attached hydrogens (tertiary/aromatic N) is 3. The van der Waals surface area contributed by atoms with E-state index in [1.165, 1.54) is 36.1 Å². The fraction of sp³-hybridized carbons (Fsp3) is 0.552. The number of fused-ring (bicyclic) bond motifs is 1. The Balaban J connectivity index is 1.71. The summed E-state index contributed by atoms with van der Waals surface area (Å²) in [4.78, 5) is 16.4. The van der Waals surface area contributed by atoms with Crippen molar-refractivity contribution >= 4 is 11.5 Å². The van der Waals surface area contributed by atoms with Gasteiger partial charge in [-0.15, -0.1) is 0 Å². The predicted molar refractivity (Wildman–Crippen MR) is 138 cm³/mol. The first-order chi connectivity index (χ1) is 17.1. The molecule has 6 heteroatoms. The van der Waals surface area contributed by atoms with Crippen molar-refractivity contribution in [3.05, 3.63) is 53.1 Å². The molecule has 3 aromatic heterocycles. The van der Waals surface area contributed by atoms with Gasteiger partial charge >= 0.3 is 5.97 Å². The van der Waals surface area contributed by atoms with Gasteiger partial charge in [-0.05, 0) is 81.7 Å². The first-order valence-corrected chi connectivity index (χ1v) is 13.3. The number of carbonyl (C=O) groups is 1. The molecule has 3 aromatic rings. The number of unbranched alkanes of at least 4 members (excludes halogenated alkanes) is 1. The third-order valence-corrected chi connectivity index (χ3v) is 6.96. The van der Waals surface area contributed by atoms with Crippen LogP contribution in [0.4, 0.5) is 0 Å². The maximum Gasteiger partial charge on any atom is 0.305 e. The van der Waals surface area contributed by atoms with Crippen LogP contribution in [0.2, 0.25) is 0 Å². The van der Waals surface area contributed by atoms with Crippen LogP contribution in [0, 0.1) is 6.92 Å². The first-order valence-electron chi connectivity index (χ1n) is 13.3. The second-order valence-electron chi connectivity index (χ2n) is 9.61. The maximum absolute atomic E-state index is 11.9. The average molecular weight is 478 g/mol. The van der Waals surface area contributed by atoms with Gasteiger partial charge in [0.1, 0.15) is 0 Å². The number of esters is 1. The zero-order valence-corrected chi connectivity index (χ0v) is 21.5. The van der Waals surface area contributed by atoms with Crippen molar-refractivity contribution in [1.82, 2.24) is 14.6 Å². The number of ether oxygens (including phenoxy) is 2. The van der Waals surface area contributed by atoms with Crippen LogP contribution in [-0.4, -0.2) is 33.3 Å². The molecule has 0 unspecified atom stereocenters. The average Bonchev–Trinajstić information content (AvgIpc) is 3.28. The normalized spacial score (nSPS) is 14.5. The predicted octanol–water partition coefficient (Wildman–Crippen LogP) is 6.39. The highest BCUT2D eigenvalue weighted by atomic mass is 16.5. The van der Waals surface area contributed by atoms with Crippen LogP contribution >= 0.6 is 0 Å². The quantitative estimate of drug-likeness (QED) is 0.236. The Kier molecular flexibility index (Phi) is 8.91. The van der Waals surface area contributed by atoms with Crippen molar-refractivity contribution in [2.75, 3.05) is 6.61 Å². The number of carbonyl (C=O) groups excluding carboxylic acids is 1. The fourth-order valence-corrected chi connectivity index (χ4v) is 5.16. The summed E-state index contributed by atoms with van der Waals surface area (Å²) in [7, 11) is 0. The van der Waals surface area contributed by atoms with Crippen LogP contribution in [0.25, 0.3) is 16.6 Å². The Labute approximate surface area is 209 Å². The van der Waals surface area contributed by atoms with Crippen molar-refractivity contribution in [3.63, 3.8) is 0 Å². The Morgan fingerprint density at radius 2 is 1.94 bits per heavy atom. The molecule has 0 aliphatic heterocycles. The van der Waals surface area contributed by atoms with Crippen LogP contribution < -0.4 is 0 Å². The Morgan fingerprint density at radius 1 is 1.11 bits per heavy atom. The summed E-state index contributed by atoms with van der Waals surface area (Å²) in [5.74, 6) is -0.121. The molecule has 1 aliphatic rings. The summed E-state index contributed by atoms with van der Waals surface area (Å²) in [6, 6.07) is 6.55. The third-order valence-electron chi connectivity index (χ3n) is 6.96. The molecule has 188 valence electrons. The number of pyridine rings is 1. The number of hydrogen-bond acceptors (Lipinski definition) is 5. The van der Waals surface area contributed by atoms with E-state index in [9.17, 15) is 4.79 Å². The van der Waals surface area contributed by atoms with Crippen LogP contribution in [0.3, 0.4) is 0 Å². The summed E-state index contributed by atoms with van der Waals surface area (Å²) in [6.45, 7) is 7.04. The van der Waals surface area contributed by atoms with Crippen LogP contribution in [-0.2, 0) is 33.7 Å². The Bertz CT molecular complexity index is 1130. The van der Waals surface area contributed by atoms with Crippen molar-refractivity contribution in [1.29, 1.82) is 0 Å². The number of hydrogen-bond donors (Lipinski definition) is 0. The van der Waals surface area contributed by atoms with Gasteiger partial charge < -0.3 is 9.47 Å². The smallest absolute Gasteiger partial charge is 0.305 e. The minimum absolute atomic E-state index is 0.121. The highest BCUT2D eigenvalue weighted by molar-refractivity contribution is 5.83. The molecule has 0 aromatic carbocycles. The summed E-state index contributed by atoms with van der Waals surface area (Å²) in [6.07, 6.45) is 14.1. The molecule has 0 saturated heterocycles. The van der Waals surface area contributed by atoms with Gasteiger partial charge in [-0.2, -0.15) is 5.10 Å². The molecular formula is C29H39N3O3. The molecule has 0 bridgehead atoms. The highest BCUT2D eigenvalue weighted by Crippen LogP contribution is 2.34. The minimum Gasteiger partial charge on any atom is -0.466 e. The summed E-state index contributed by atoms with van der Waals surface area (Å²) in [5.41, 5.74) is 7.94. The molecule has 3 heterocycles. The van der Waals surface area contributed by atoms with Crippen molar-refractivity contribution < 1.29 is 14.3 Å². The van der Waals surface area contributed by atoms with E-state index in [1.54, 1.807) is 0 Å². The van der Waals surface area contributed by atoms with Gasteiger partial charge in [0.25, 0.3) is 0 Å². The lowest BCUT2D eigenvalue weighted by Crippen LogP contribution is -2.18. The van der Waals surface area contributed by atoms with Crippen LogP contribution in [0.1, 0.15) is 87.7 Å². The molecule has 1 aliphatic carbocycles. The molecule has 0 radical (unpaired) electrons. The monoisotopic (exact) mass is 477 g/mol. The van der Waals surface area contributed by atoms with E-state index >= 15 is 0 Å². The zero-order valence-electron chi connectivity index (χ0n) is 21.5. The molecular weight excluding hydrogens is 438 g/mol. The van der Waals surface area contributed by atoms with E-state index in [0.717, 1.165) is 60.9 Å². The summed E-state index contributed by atoms with van der Waals surface area (Å²) in [5, 5.41) is 5.12. The molecule has 6 nitrogen and oxygen atoms in total. The third kappa shape index (κ3) is 6.29. The second-order valence-corrected chi connectivity index (χ2v) is 9.61. The first kappa shape index (κ1) is 25.4. The van der Waals surface area contributed by atoms with Crippen molar-refractivity contribution in [3.8, 4) is 11.1 Å². The fourth-order valence-electron chi connectivity index (χ4n) is 5.16. The molecule has 1 fully saturated rings. The van der Waals surface area contributed by atoms with Gasteiger partial charge in [0.05, 0.1) is 30.5 Å². The number of aromatic nitrogens is 3. The Morgan fingerprint density at radius 3 is 2.69 bits per heavy atom. The van der Waals surface area contributed by atoms with Gasteiger partial charge in [-0.3, -0.25) is 9.78 Å². The van der Waals surface area contributed by atoms with E-state index in [4.69, 9.17) is 14.6 Å². The molecule has 0 atom stereocenters. The van der Waals surface area contributed by atoms with E-state index in [2.05, 4.69) is 41.5 Å². The van der Waals surface area contributed by atoms with Gasteiger partial charge in [0.2, 0.25) is 0 Å². The maximum atomic E-state index is 11.9. The van der Waals surface area contributed by atoms with Gasteiger partial charge in [-0.25, -0.2) is 4.52 Å². The number of aryl methyl sites for hydroxylation is 2. The largest absolute Gasteiger partial charge is 0.466 e. The summed E-state index contributed by atoms with van der Waals surface area (Å²) < 4.78 is 13.7. The minimum atomic E-state index is -0.121. The number of rotatable bonds is 11. The van der Waals surface area contributed by atoms with E-state index < -0.39 is 0 Å². The molecule has 4 rings (SSSR count). The van der Waals surface area contributed by atoms with E-state index in [1.807, 2.05) is 19.3 Å². The van der Waals surface area contributed by atoms with Gasteiger partial charge in [0.15, 0.2) is 0 Å². The van der Waals surface area contributed by atoms with Gasteiger partial charge in [0, 0.05) is 35.6 Å². The lowest BCUT2D eigenvalue weighted by Gasteiger charge is -2.23. The molecule has 1 saturated carbocycles. The highest BCUT2D eigenvalue weighted by Gasteiger charge is 2.21. The van der Waals surface area contributed by atoms with E-state index in [-0.39, 0.29) is 5.97 Å². The molecule has 0 spiro atoms. The van der Waals surface area contributed by atoms with Gasteiger partial charge in [-0.1, -0.05) is 26.2 Å². The zero-order chi connectivity index (χ0) is 24.6. The lowest BCUT2D eigenvalue weighted by molar-refractivity contribution is -0.143. The SMILES string of the molecule is CCOC(=O)CCCCc1c(COC2CCCCC2)nn2c(CC)ccc2c1-c1cncc(C)c1. The lowest BCUT2D eigenvalue weighted by atomic mass is 9.94. The summed E-state index contributed by atoms with van der Waals surface area (Å²) >= 11 is 0. The standard InChI is InChI=1S/C29H39N3O3/c1-4-23-15-16-27-29(22-17-21(3)18-30-19-22)25(13-9-10-14-28(33)34-5-2)26(31-32(23)27)20-35-24-11-7-6-8-12-24/h15-19,24H,4-14,20H2,1-3H3. The van der Waals surface area contributed by atoms with E-state index in [0.29, 0.717) is 25.7 Å². The topological polar surface area (TPSA) is 65.7 Å².